The molecule has 1 aliphatic heterocycles. The lowest BCUT2D eigenvalue weighted by Crippen LogP contribution is -2.22. The topological polar surface area (TPSA) is 27.1 Å². The summed E-state index contributed by atoms with van der Waals surface area (Å²) in [5, 5.41) is 4.61. The highest BCUT2D eigenvalue weighted by molar-refractivity contribution is 5.65. The van der Waals surface area contributed by atoms with Crippen molar-refractivity contribution in [2.24, 2.45) is 0 Å². The van der Waals surface area contributed by atoms with Crippen LogP contribution in [0.2, 0.25) is 0 Å². The largest absolute Gasteiger partial charge is 0.474 e. The molecule has 1 aromatic heterocycles. The Labute approximate surface area is 111 Å². The van der Waals surface area contributed by atoms with Crippen LogP contribution < -0.4 is 4.74 Å². The lowest BCUT2D eigenvalue weighted by atomic mass is 10.1. The van der Waals surface area contributed by atoms with Crippen molar-refractivity contribution in [1.29, 1.82) is 0 Å². The Kier molecular flexibility index (Phi) is 2.22. The van der Waals surface area contributed by atoms with Crippen molar-refractivity contribution in [3.05, 3.63) is 35.6 Å². The Morgan fingerprint density at radius 1 is 1.32 bits per heavy atom. The van der Waals surface area contributed by atoms with Crippen LogP contribution in [0.25, 0.3) is 11.3 Å². The van der Waals surface area contributed by atoms with Crippen LogP contribution in [0.15, 0.2) is 24.3 Å². The fourth-order valence-corrected chi connectivity index (χ4v) is 3.20. The minimum atomic E-state index is -0.230. The minimum Gasteiger partial charge on any atom is -0.474 e. The monoisotopic (exact) mass is 258 g/mol. The Morgan fingerprint density at radius 2 is 2.16 bits per heavy atom. The number of halogens is 1. The Hall–Kier alpha value is -1.84. The summed E-state index contributed by atoms with van der Waals surface area (Å²) in [4.78, 5) is 0. The fraction of sp³-hybridized carbons (Fsp3) is 0.400. The molecule has 1 aromatic carbocycles. The van der Waals surface area contributed by atoms with Gasteiger partial charge in [0.1, 0.15) is 17.6 Å². The number of benzene rings is 1. The molecule has 2 atom stereocenters. The van der Waals surface area contributed by atoms with Gasteiger partial charge in [-0.2, -0.15) is 5.10 Å². The first-order chi connectivity index (χ1) is 9.24. The van der Waals surface area contributed by atoms with Gasteiger partial charge in [0.25, 0.3) is 0 Å². The van der Waals surface area contributed by atoms with Crippen molar-refractivity contribution in [3.8, 4) is 17.1 Å². The second-order valence-corrected chi connectivity index (χ2v) is 5.41. The van der Waals surface area contributed by atoms with Crippen LogP contribution in [0.5, 0.6) is 5.88 Å². The maximum atomic E-state index is 13.9. The van der Waals surface area contributed by atoms with Crippen LogP contribution in [0.1, 0.15) is 30.9 Å². The fourth-order valence-electron chi connectivity index (χ4n) is 3.20. The summed E-state index contributed by atoms with van der Waals surface area (Å²) in [6.07, 6.45) is 3.56. The van der Waals surface area contributed by atoms with E-state index in [2.05, 4.69) is 5.10 Å². The third kappa shape index (κ3) is 1.52. The number of hydrogen-bond acceptors (Lipinski definition) is 2. The van der Waals surface area contributed by atoms with Crippen molar-refractivity contribution in [2.45, 2.75) is 38.3 Å². The van der Waals surface area contributed by atoms with E-state index >= 15 is 0 Å². The summed E-state index contributed by atoms with van der Waals surface area (Å²) in [5.41, 5.74) is 2.21. The molecule has 0 amide bonds. The molecule has 0 spiro atoms. The van der Waals surface area contributed by atoms with E-state index in [1.807, 2.05) is 17.7 Å². The van der Waals surface area contributed by atoms with Crippen molar-refractivity contribution in [2.75, 3.05) is 0 Å². The van der Waals surface area contributed by atoms with Crippen LogP contribution in [0, 0.1) is 12.7 Å². The van der Waals surface area contributed by atoms with Crippen molar-refractivity contribution >= 4 is 0 Å². The van der Waals surface area contributed by atoms with Crippen LogP contribution in [-0.4, -0.2) is 15.9 Å². The molecule has 1 aliphatic carbocycles. The van der Waals surface area contributed by atoms with Crippen molar-refractivity contribution in [3.63, 3.8) is 0 Å². The number of nitrogens with zero attached hydrogens (tertiary/aromatic N) is 2. The highest BCUT2D eigenvalue weighted by atomic mass is 19.1. The lowest BCUT2D eigenvalue weighted by molar-refractivity contribution is 0.152. The van der Waals surface area contributed by atoms with E-state index in [4.69, 9.17) is 4.74 Å². The normalized spacial score (nSPS) is 24.1. The molecule has 98 valence electrons. The van der Waals surface area contributed by atoms with Gasteiger partial charge in [-0.1, -0.05) is 12.1 Å². The van der Waals surface area contributed by atoms with E-state index in [0.29, 0.717) is 23.4 Å². The third-order valence-corrected chi connectivity index (χ3v) is 4.20. The molecule has 2 aromatic rings. The average Bonchev–Trinajstić information content (AvgIpc) is 2.95. The predicted octanol–water partition coefficient (Wildman–Crippen LogP) is 3.48. The predicted molar refractivity (Wildman–Crippen MR) is 69.7 cm³/mol. The summed E-state index contributed by atoms with van der Waals surface area (Å²) in [7, 11) is 0. The van der Waals surface area contributed by atoms with Gasteiger partial charge in [-0.25, -0.2) is 9.07 Å². The van der Waals surface area contributed by atoms with Gasteiger partial charge in [0.2, 0.25) is 5.88 Å². The molecule has 1 fully saturated rings. The van der Waals surface area contributed by atoms with Gasteiger partial charge >= 0.3 is 0 Å². The Balaban J connectivity index is 1.88. The Morgan fingerprint density at radius 3 is 3.00 bits per heavy atom. The number of fused-ring (bicyclic) bond motifs is 4. The van der Waals surface area contributed by atoms with E-state index in [1.54, 1.807) is 12.1 Å². The maximum absolute atomic E-state index is 13.9. The van der Waals surface area contributed by atoms with E-state index in [9.17, 15) is 4.39 Å². The quantitative estimate of drug-likeness (QED) is 0.783. The zero-order valence-electron chi connectivity index (χ0n) is 10.8. The smallest absolute Gasteiger partial charge is 0.215 e. The van der Waals surface area contributed by atoms with Gasteiger partial charge in [0.15, 0.2) is 0 Å². The van der Waals surface area contributed by atoms with Gasteiger partial charge in [-0.05, 0) is 31.9 Å². The zero-order valence-corrected chi connectivity index (χ0v) is 10.8. The van der Waals surface area contributed by atoms with E-state index in [0.717, 1.165) is 30.7 Å². The van der Waals surface area contributed by atoms with E-state index in [1.165, 1.54) is 6.07 Å². The van der Waals surface area contributed by atoms with Gasteiger partial charge in [0.05, 0.1) is 6.04 Å². The molecule has 1 saturated carbocycles. The number of rotatable bonds is 1. The third-order valence-electron chi connectivity index (χ3n) is 4.20. The molecule has 4 rings (SSSR count). The molecule has 2 aliphatic rings. The standard InChI is InChI=1S/C15H15FN2O/c1-9-14(12-4-2-3-5-13(12)16)17-18-10-6-7-11(8-10)19-15(9)18/h2-5,10-11H,6-8H2,1H3/t10-,11+/m1/s1. The molecule has 2 bridgehead atoms. The lowest BCUT2D eigenvalue weighted by Gasteiger charge is -2.22. The second kappa shape index (κ2) is 3.83. The SMILES string of the molecule is Cc1c(-c2ccccc2F)nn2c1O[C@H]1CC[C@@H]2C1. The van der Waals surface area contributed by atoms with Crippen LogP contribution in [0.4, 0.5) is 4.39 Å². The van der Waals surface area contributed by atoms with Gasteiger partial charge in [-0.3, -0.25) is 0 Å². The molecular formula is C15H15FN2O. The summed E-state index contributed by atoms with van der Waals surface area (Å²) < 4.78 is 21.9. The number of ether oxygens (including phenoxy) is 1. The van der Waals surface area contributed by atoms with Gasteiger partial charge in [0, 0.05) is 17.5 Å². The van der Waals surface area contributed by atoms with Crippen molar-refractivity contribution in [1.82, 2.24) is 9.78 Å². The zero-order chi connectivity index (χ0) is 13.0. The molecule has 0 radical (unpaired) electrons. The molecule has 0 N–H and O–H groups in total. The molecule has 0 unspecified atom stereocenters. The molecule has 4 heteroatoms. The number of hydrogen-bond donors (Lipinski definition) is 0. The van der Waals surface area contributed by atoms with Crippen molar-refractivity contribution < 1.29 is 9.13 Å². The Bertz CT molecular complexity index is 650. The molecule has 0 saturated heterocycles. The number of aromatic nitrogens is 2. The molecular weight excluding hydrogens is 243 g/mol. The second-order valence-electron chi connectivity index (χ2n) is 5.41. The average molecular weight is 258 g/mol. The molecule has 2 heterocycles. The molecule has 3 nitrogen and oxygen atoms in total. The summed E-state index contributed by atoms with van der Waals surface area (Å²) >= 11 is 0. The van der Waals surface area contributed by atoms with Crippen LogP contribution in [-0.2, 0) is 0 Å². The first kappa shape index (κ1) is 11.0. The highest BCUT2D eigenvalue weighted by Gasteiger charge is 2.37. The van der Waals surface area contributed by atoms with Crippen LogP contribution >= 0.6 is 0 Å². The van der Waals surface area contributed by atoms with E-state index in [-0.39, 0.29) is 5.82 Å². The molecule has 19 heavy (non-hydrogen) atoms. The maximum Gasteiger partial charge on any atom is 0.215 e. The van der Waals surface area contributed by atoms with Gasteiger partial charge < -0.3 is 4.74 Å². The summed E-state index contributed by atoms with van der Waals surface area (Å²) in [6, 6.07) is 7.20. The van der Waals surface area contributed by atoms with E-state index < -0.39 is 0 Å². The summed E-state index contributed by atoms with van der Waals surface area (Å²) in [5.74, 6) is 0.600. The first-order valence-corrected chi connectivity index (χ1v) is 6.74. The minimum absolute atomic E-state index is 0.230. The first-order valence-electron chi connectivity index (χ1n) is 6.74. The summed E-state index contributed by atoms with van der Waals surface area (Å²) in [6.45, 7) is 1.96. The highest BCUT2D eigenvalue weighted by Crippen LogP contribution is 2.44. The van der Waals surface area contributed by atoms with Crippen LogP contribution in [0.3, 0.4) is 0 Å². The van der Waals surface area contributed by atoms with Gasteiger partial charge in [-0.15, -0.1) is 0 Å².